The van der Waals surface area contributed by atoms with Gasteiger partial charge in [0.1, 0.15) is 0 Å². The molecule has 2 aromatic heterocycles. The summed E-state index contributed by atoms with van der Waals surface area (Å²) in [5.74, 6) is 0. The maximum atomic E-state index is 13.3. The normalized spacial score (nSPS) is 12.1. The summed E-state index contributed by atoms with van der Waals surface area (Å²) in [6.07, 6.45) is -0.990. The van der Waals surface area contributed by atoms with E-state index in [9.17, 15) is 14.7 Å². The molecule has 166 valence electrons. The Labute approximate surface area is 194 Å². The number of rotatable bonds is 4. The van der Waals surface area contributed by atoms with E-state index in [0.717, 1.165) is 32.3 Å². The van der Waals surface area contributed by atoms with Gasteiger partial charge in [-0.05, 0) is 22.9 Å². The summed E-state index contributed by atoms with van der Waals surface area (Å²) in [5, 5.41) is 18.8. The smallest absolute Gasteiger partial charge is 0.259 e. The molecule has 5 heteroatoms. The molecule has 0 spiro atoms. The van der Waals surface area contributed by atoms with Crippen LogP contribution in [0.5, 0.6) is 0 Å². The van der Waals surface area contributed by atoms with Crippen molar-refractivity contribution in [2.24, 2.45) is 0 Å². The lowest BCUT2D eigenvalue weighted by atomic mass is 10.0. The topological polar surface area (TPSA) is 64.2 Å². The van der Waals surface area contributed by atoms with Gasteiger partial charge in [-0.2, -0.15) is 0 Å². The highest BCUT2D eigenvalue weighted by Crippen LogP contribution is 2.23. The molecule has 2 heterocycles. The van der Waals surface area contributed by atoms with E-state index < -0.39 is 6.10 Å². The highest BCUT2D eigenvalue weighted by Gasteiger charge is 2.17. The molecule has 0 unspecified atom stereocenters. The minimum absolute atomic E-state index is 0.0191. The minimum atomic E-state index is -0.990. The predicted octanol–water partition coefficient (Wildman–Crippen LogP) is 2.94. The summed E-state index contributed by atoms with van der Waals surface area (Å²) in [6.45, 7) is 8.34. The molecule has 0 aliphatic carbocycles. The third-order valence-corrected chi connectivity index (χ3v) is 6.82. The second-order valence-corrected chi connectivity index (χ2v) is 8.80. The Morgan fingerprint density at radius 3 is 1.35 bits per heavy atom. The molecule has 0 aliphatic heterocycles. The average molecular weight is 447 g/mol. The first-order valence-corrected chi connectivity index (χ1v) is 11.2. The first kappa shape index (κ1) is 20.4. The molecule has 6 rings (SSSR count). The van der Waals surface area contributed by atoms with Gasteiger partial charge in [-0.1, -0.05) is 73.8 Å². The van der Waals surface area contributed by atoms with Gasteiger partial charge in [0, 0.05) is 43.0 Å². The molecule has 4 aromatic carbocycles. The molecule has 0 saturated carbocycles. The Balaban J connectivity index is 1.47. The van der Waals surface area contributed by atoms with Crippen LogP contribution in [0.25, 0.3) is 56.2 Å². The highest BCUT2D eigenvalue weighted by atomic mass is 16.3. The van der Waals surface area contributed by atoms with E-state index in [-0.39, 0.29) is 24.2 Å². The van der Waals surface area contributed by atoms with Crippen LogP contribution in [0.4, 0.5) is 0 Å². The SMILES string of the molecule is C=c1c2cccc3cccc(c(=O)n1CC(O)Cn1c(=C)c4cccc5cccc(c1=O)c54)c32. The van der Waals surface area contributed by atoms with Crippen LogP contribution >= 0.6 is 0 Å². The van der Waals surface area contributed by atoms with Crippen molar-refractivity contribution in [2.75, 3.05) is 0 Å². The molecule has 0 bridgehead atoms. The first-order valence-electron chi connectivity index (χ1n) is 11.2. The summed E-state index contributed by atoms with van der Waals surface area (Å²) in [7, 11) is 0. The largest absolute Gasteiger partial charge is 0.389 e. The zero-order valence-corrected chi connectivity index (χ0v) is 18.5. The van der Waals surface area contributed by atoms with Gasteiger partial charge in [0.15, 0.2) is 0 Å². The number of aliphatic hydroxyl groups is 1. The zero-order chi connectivity index (χ0) is 23.6. The number of pyridine rings is 2. The molecular formula is C29H22N2O3. The Morgan fingerprint density at radius 1 is 0.618 bits per heavy atom. The van der Waals surface area contributed by atoms with Crippen LogP contribution in [-0.4, -0.2) is 20.3 Å². The molecule has 5 nitrogen and oxygen atoms in total. The van der Waals surface area contributed by atoms with Crippen LogP contribution in [0.1, 0.15) is 0 Å². The van der Waals surface area contributed by atoms with E-state index in [2.05, 4.69) is 13.2 Å². The Hall–Kier alpha value is -4.22. The van der Waals surface area contributed by atoms with E-state index in [0.29, 0.717) is 21.5 Å². The highest BCUT2D eigenvalue weighted by molar-refractivity contribution is 6.10. The second-order valence-electron chi connectivity index (χ2n) is 8.80. The van der Waals surface area contributed by atoms with Crippen LogP contribution in [0, 0.1) is 0 Å². The molecule has 0 radical (unpaired) electrons. The van der Waals surface area contributed by atoms with E-state index in [1.54, 1.807) is 12.1 Å². The van der Waals surface area contributed by atoms with Crippen molar-refractivity contribution < 1.29 is 5.11 Å². The summed E-state index contributed by atoms with van der Waals surface area (Å²) >= 11 is 0. The molecule has 1 N–H and O–H groups in total. The number of hydrogen-bond donors (Lipinski definition) is 1. The Bertz CT molecular complexity index is 1700. The third-order valence-electron chi connectivity index (χ3n) is 6.82. The van der Waals surface area contributed by atoms with Crippen LogP contribution in [-0.2, 0) is 13.1 Å². The van der Waals surface area contributed by atoms with Crippen molar-refractivity contribution in [1.82, 2.24) is 9.13 Å². The number of hydrogen-bond acceptors (Lipinski definition) is 3. The number of aliphatic hydroxyl groups excluding tert-OH is 1. The maximum absolute atomic E-state index is 13.3. The summed E-state index contributed by atoms with van der Waals surface area (Å²) in [4.78, 5) is 26.6. The molecule has 0 amide bonds. The van der Waals surface area contributed by atoms with Gasteiger partial charge >= 0.3 is 0 Å². The van der Waals surface area contributed by atoms with E-state index in [4.69, 9.17) is 0 Å². The monoisotopic (exact) mass is 446 g/mol. The Morgan fingerprint density at radius 2 is 0.971 bits per heavy atom. The van der Waals surface area contributed by atoms with Gasteiger partial charge in [0.25, 0.3) is 11.1 Å². The summed E-state index contributed by atoms with van der Waals surface area (Å²) in [5.41, 5.74) is -0.403. The standard InChI is InChI=1S/C29H22N2O3/c1-17-22-11-3-7-19-9-5-13-24(26(19)22)28(33)30(17)15-21(32)16-31-18(2)23-12-4-8-20-10-6-14-25(27(20)23)29(31)34/h3-14,21,32H,1-2,15-16H2. The van der Waals surface area contributed by atoms with Crippen LogP contribution in [0.3, 0.4) is 0 Å². The molecular weight excluding hydrogens is 424 g/mol. The summed E-state index contributed by atoms with van der Waals surface area (Å²) in [6, 6.07) is 22.9. The molecule has 0 aliphatic rings. The van der Waals surface area contributed by atoms with Crippen molar-refractivity contribution in [1.29, 1.82) is 0 Å². The van der Waals surface area contributed by atoms with Crippen molar-refractivity contribution in [3.05, 3.63) is 104 Å². The first-order chi connectivity index (χ1) is 16.5. The van der Waals surface area contributed by atoms with Gasteiger partial charge in [-0.15, -0.1) is 0 Å². The van der Waals surface area contributed by atoms with Gasteiger partial charge in [-0.3, -0.25) is 9.59 Å². The zero-order valence-electron chi connectivity index (χ0n) is 18.5. The molecule has 0 saturated heterocycles. The number of benzene rings is 4. The lowest BCUT2D eigenvalue weighted by Crippen LogP contribution is -2.42. The maximum Gasteiger partial charge on any atom is 0.259 e. The van der Waals surface area contributed by atoms with E-state index in [1.807, 2.05) is 60.7 Å². The molecule has 6 aromatic rings. The third kappa shape index (κ3) is 2.84. The molecule has 0 atom stereocenters. The lowest BCUT2D eigenvalue weighted by molar-refractivity contribution is 0.131. The van der Waals surface area contributed by atoms with Crippen molar-refractivity contribution in [3.63, 3.8) is 0 Å². The average Bonchev–Trinajstić information content (AvgIpc) is 2.86. The fourth-order valence-corrected chi connectivity index (χ4v) is 5.21. The number of nitrogens with zero attached hydrogens (tertiary/aromatic N) is 2. The van der Waals surface area contributed by atoms with Crippen molar-refractivity contribution >= 4 is 56.2 Å². The number of aromatic nitrogens is 2. The van der Waals surface area contributed by atoms with Gasteiger partial charge < -0.3 is 14.2 Å². The molecule has 34 heavy (non-hydrogen) atoms. The van der Waals surface area contributed by atoms with Crippen LogP contribution < -0.4 is 21.8 Å². The second kappa shape index (κ2) is 7.40. The van der Waals surface area contributed by atoms with Crippen molar-refractivity contribution in [2.45, 2.75) is 19.2 Å². The van der Waals surface area contributed by atoms with Crippen molar-refractivity contribution in [3.8, 4) is 0 Å². The molecule has 0 fully saturated rings. The minimum Gasteiger partial charge on any atom is -0.389 e. The predicted molar refractivity (Wildman–Crippen MR) is 139 cm³/mol. The summed E-state index contributed by atoms with van der Waals surface area (Å²) < 4.78 is 3.02. The van der Waals surface area contributed by atoms with E-state index >= 15 is 0 Å². The van der Waals surface area contributed by atoms with Gasteiger partial charge in [-0.25, -0.2) is 0 Å². The Kier molecular flexibility index (Phi) is 4.44. The quantitative estimate of drug-likeness (QED) is 0.453. The fourth-order valence-electron chi connectivity index (χ4n) is 5.21. The fraction of sp³-hybridized carbons (Fsp3) is 0.103. The van der Waals surface area contributed by atoms with Crippen LogP contribution in [0.15, 0.2) is 82.4 Å². The lowest BCUT2D eigenvalue weighted by Gasteiger charge is -2.18. The van der Waals surface area contributed by atoms with Gasteiger partial charge in [0.05, 0.1) is 19.2 Å². The van der Waals surface area contributed by atoms with Gasteiger partial charge in [0.2, 0.25) is 0 Å². The van der Waals surface area contributed by atoms with Crippen LogP contribution in [0.2, 0.25) is 0 Å². The van der Waals surface area contributed by atoms with E-state index in [1.165, 1.54) is 9.13 Å².